The van der Waals surface area contributed by atoms with E-state index in [1.165, 1.54) is 0 Å². The number of benzene rings is 2. The van der Waals surface area contributed by atoms with E-state index in [0.717, 1.165) is 22.3 Å². The molecule has 2 aromatic rings. The summed E-state index contributed by atoms with van der Waals surface area (Å²) in [5.74, 6) is -1.94. The zero-order chi connectivity index (χ0) is 24.9. The van der Waals surface area contributed by atoms with Crippen molar-refractivity contribution in [3.63, 3.8) is 0 Å². The van der Waals surface area contributed by atoms with Crippen molar-refractivity contribution in [2.45, 2.75) is 52.5 Å². The van der Waals surface area contributed by atoms with Crippen molar-refractivity contribution in [3.8, 4) is 11.1 Å². The number of amides is 2. The molecular weight excluding hydrogens is 432 g/mol. The minimum Gasteiger partial charge on any atom is -0.481 e. The maximum absolute atomic E-state index is 12.4. The number of hydrogen-bond donors (Lipinski definition) is 3. The van der Waals surface area contributed by atoms with Crippen LogP contribution < -0.4 is 10.6 Å². The Kier molecular flexibility index (Phi) is 7.97. The van der Waals surface area contributed by atoms with Gasteiger partial charge < -0.3 is 20.5 Å². The van der Waals surface area contributed by atoms with E-state index >= 15 is 0 Å². The standard InChI is InChI=1S/C27H34N2O5/c1-17(13-24(30)28-15-18(25(31)32)14-27(2,3)4)29-26(33)34-16-23-21-11-7-5-9-19(21)20-10-6-8-12-22(20)23/h5-12,17-18,23H,13-16H2,1-4H3,(H,28,30)(H,29,33)(H,31,32). The Morgan fingerprint density at radius 2 is 1.56 bits per heavy atom. The fourth-order valence-electron chi connectivity index (χ4n) is 4.47. The van der Waals surface area contributed by atoms with E-state index in [2.05, 4.69) is 34.9 Å². The predicted molar refractivity (Wildman–Crippen MR) is 130 cm³/mol. The fourth-order valence-corrected chi connectivity index (χ4v) is 4.47. The van der Waals surface area contributed by atoms with Gasteiger partial charge in [0, 0.05) is 24.9 Å². The van der Waals surface area contributed by atoms with Gasteiger partial charge in [-0.1, -0.05) is 69.3 Å². The molecule has 1 aliphatic rings. The molecule has 7 nitrogen and oxygen atoms in total. The zero-order valence-corrected chi connectivity index (χ0v) is 20.3. The highest BCUT2D eigenvalue weighted by molar-refractivity contribution is 5.80. The highest BCUT2D eigenvalue weighted by Crippen LogP contribution is 2.44. The Balaban J connectivity index is 1.47. The molecule has 3 rings (SSSR count). The predicted octanol–water partition coefficient (Wildman–Crippen LogP) is 4.56. The third kappa shape index (κ3) is 6.59. The first kappa shape index (κ1) is 25.3. The van der Waals surface area contributed by atoms with E-state index in [1.807, 2.05) is 45.0 Å². The van der Waals surface area contributed by atoms with E-state index in [0.29, 0.717) is 6.42 Å². The number of alkyl carbamates (subject to hydrolysis) is 1. The number of carbonyl (C=O) groups is 3. The molecule has 34 heavy (non-hydrogen) atoms. The van der Waals surface area contributed by atoms with Gasteiger partial charge in [-0.05, 0) is 41.0 Å². The molecule has 0 spiro atoms. The number of nitrogens with one attached hydrogen (secondary N) is 2. The van der Waals surface area contributed by atoms with Crippen molar-refractivity contribution in [3.05, 3.63) is 59.7 Å². The average Bonchev–Trinajstić information content (AvgIpc) is 3.08. The molecule has 1 aliphatic carbocycles. The zero-order valence-electron chi connectivity index (χ0n) is 20.3. The monoisotopic (exact) mass is 466 g/mol. The van der Waals surface area contributed by atoms with Crippen molar-refractivity contribution in [2.75, 3.05) is 13.2 Å². The number of fused-ring (bicyclic) bond motifs is 3. The lowest BCUT2D eigenvalue weighted by Gasteiger charge is -2.23. The summed E-state index contributed by atoms with van der Waals surface area (Å²) in [6, 6.07) is 15.8. The Bertz CT molecular complexity index is 998. The van der Waals surface area contributed by atoms with Crippen LogP contribution in [0.25, 0.3) is 11.1 Å². The van der Waals surface area contributed by atoms with Gasteiger partial charge in [-0.2, -0.15) is 0 Å². The average molecular weight is 467 g/mol. The summed E-state index contributed by atoms with van der Waals surface area (Å²) in [5.41, 5.74) is 4.41. The highest BCUT2D eigenvalue weighted by atomic mass is 16.5. The molecule has 0 bridgehead atoms. The van der Waals surface area contributed by atoms with Crippen molar-refractivity contribution in [2.24, 2.45) is 11.3 Å². The van der Waals surface area contributed by atoms with Gasteiger partial charge in [-0.25, -0.2) is 4.79 Å². The molecule has 7 heteroatoms. The summed E-state index contributed by atoms with van der Waals surface area (Å²) in [5, 5.41) is 14.8. The quantitative estimate of drug-likeness (QED) is 0.503. The SMILES string of the molecule is CC(CC(=O)NCC(CC(C)(C)C)C(=O)O)NC(=O)OCC1c2ccccc2-c2ccccc21. The van der Waals surface area contributed by atoms with Crippen LogP contribution in [0.2, 0.25) is 0 Å². The van der Waals surface area contributed by atoms with Crippen LogP contribution in [-0.4, -0.2) is 42.3 Å². The first-order valence-electron chi connectivity index (χ1n) is 11.7. The Morgan fingerprint density at radius 1 is 1.00 bits per heavy atom. The molecule has 2 aromatic carbocycles. The summed E-state index contributed by atoms with van der Waals surface area (Å²) in [4.78, 5) is 36.1. The van der Waals surface area contributed by atoms with Gasteiger partial charge >= 0.3 is 12.1 Å². The Hall–Kier alpha value is -3.35. The Morgan fingerprint density at radius 3 is 2.09 bits per heavy atom. The number of carbonyl (C=O) groups excluding carboxylic acids is 2. The number of ether oxygens (including phenoxy) is 1. The lowest BCUT2D eigenvalue weighted by Crippen LogP contribution is -2.40. The van der Waals surface area contributed by atoms with Crippen LogP contribution in [-0.2, 0) is 14.3 Å². The van der Waals surface area contributed by atoms with Crippen LogP contribution in [0.5, 0.6) is 0 Å². The van der Waals surface area contributed by atoms with Crippen molar-refractivity contribution in [1.29, 1.82) is 0 Å². The van der Waals surface area contributed by atoms with Gasteiger partial charge in [-0.3, -0.25) is 9.59 Å². The van der Waals surface area contributed by atoms with Crippen molar-refractivity contribution >= 4 is 18.0 Å². The van der Waals surface area contributed by atoms with Gasteiger partial charge in [-0.15, -0.1) is 0 Å². The highest BCUT2D eigenvalue weighted by Gasteiger charge is 2.29. The normalized spacial score (nSPS) is 14.5. The molecule has 0 saturated carbocycles. The fraction of sp³-hybridized carbons (Fsp3) is 0.444. The van der Waals surface area contributed by atoms with Crippen molar-refractivity contribution < 1.29 is 24.2 Å². The van der Waals surface area contributed by atoms with Gasteiger partial charge in [0.1, 0.15) is 6.61 Å². The second-order valence-corrected chi connectivity index (χ2v) is 10.2. The summed E-state index contributed by atoms with van der Waals surface area (Å²) in [6.45, 7) is 7.86. The molecule has 2 atom stereocenters. The van der Waals surface area contributed by atoms with Crippen LogP contribution in [0.15, 0.2) is 48.5 Å². The first-order valence-corrected chi connectivity index (χ1v) is 11.7. The summed E-state index contributed by atoms with van der Waals surface area (Å²) >= 11 is 0. The number of aliphatic carboxylic acids is 1. The lowest BCUT2D eigenvalue weighted by molar-refractivity contribution is -0.142. The number of rotatable bonds is 9. The minimum atomic E-state index is -0.931. The smallest absolute Gasteiger partial charge is 0.407 e. The Labute approximate surface area is 200 Å². The van der Waals surface area contributed by atoms with Crippen molar-refractivity contribution in [1.82, 2.24) is 10.6 Å². The van der Waals surface area contributed by atoms with E-state index < -0.39 is 24.0 Å². The van der Waals surface area contributed by atoms with Gasteiger partial charge in [0.05, 0.1) is 5.92 Å². The molecule has 3 N–H and O–H groups in total. The van der Waals surface area contributed by atoms with Crippen LogP contribution in [0.3, 0.4) is 0 Å². The molecule has 0 aromatic heterocycles. The number of carboxylic acids is 1. The molecular formula is C27H34N2O5. The van der Waals surface area contributed by atoms with Crippen LogP contribution in [0.1, 0.15) is 57.6 Å². The molecule has 0 saturated heterocycles. The van der Waals surface area contributed by atoms with Gasteiger partial charge in [0.2, 0.25) is 5.91 Å². The van der Waals surface area contributed by atoms with Crippen LogP contribution >= 0.6 is 0 Å². The maximum atomic E-state index is 12.4. The van der Waals surface area contributed by atoms with E-state index in [9.17, 15) is 19.5 Å². The van der Waals surface area contributed by atoms with Crippen LogP contribution in [0.4, 0.5) is 4.79 Å². The molecule has 2 amide bonds. The van der Waals surface area contributed by atoms with Gasteiger partial charge in [0.25, 0.3) is 0 Å². The number of carboxylic acid groups (broad SMARTS) is 1. The first-order chi connectivity index (χ1) is 16.0. The summed E-state index contributed by atoms with van der Waals surface area (Å²) in [6.07, 6.45) is -0.0966. The molecule has 0 fully saturated rings. The minimum absolute atomic E-state index is 0.0338. The number of hydrogen-bond acceptors (Lipinski definition) is 4. The maximum Gasteiger partial charge on any atom is 0.407 e. The van der Waals surface area contributed by atoms with E-state index in [1.54, 1.807) is 6.92 Å². The topological polar surface area (TPSA) is 105 Å². The summed E-state index contributed by atoms with van der Waals surface area (Å²) < 4.78 is 5.52. The van der Waals surface area contributed by atoms with E-state index in [-0.39, 0.29) is 36.8 Å². The molecule has 0 heterocycles. The summed E-state index contributed by atoms with van der Waals surface area (Å²) in [7, 11) is 0. The molecule has 0 radical (unpaired) electrons. The van der Waals surface area contributed by atoms with Crippen LogP contribution in [0, 0.1) is 11.3 Å². The third-order valence-electron chi connectivity index (χ3n) is 5.95. The van der Waals surface area contributed by atoms with E-state index in [4.69, 9.17) is 4.74 Å². The third-order valence-corrected chi connectivity index (χ3v) is 5.95. The lowest BCUT2D eigenvalue weighted by atomic mass is 9.84. The second kappa shape index (κ2) is 10.7. The molecule has 0 aliphatic heterocycles. The van der Waals surface area contributed by atoms with Gasteiger partial charge in [0.15, 0.2) is 0 Å². The molecule has 182 valence electrons. The largest absolute Gasteiger partial charge is 0.481 e. The second-order valence-electron chi connectivity index (χ2n) is 10.2. The molecule has 2 unspecified atom stereocenters.